The molecule has 3 aliphatic carbocycles. The monoisotopic (exact) mass is 179 g/mol. The molecule has 2 N–H and O–H groups in total. The fourth-order valence-corrected chi connectivity index (χ4v) is 4.65. The lowest BCUT2D eigenvalue weighted by Crippen LogP contribution is -2.44. The van der Waals surface area contributed by atoms with E-state index in [-0.39, 0.29) is 0 Å². The lowest BCUT2D eigenvalue weighted by Gasteiger charge is -2.39. The van der Waals surface area contributed by atoms with Gasteiger partial charge in [-0.25, -0.2) is 0 Å². The first-order valence-corrected chi connectivity index (χ1v) is 5.98. The molecule has 13 heavy (non-hydrogen) atoms. The van der Waals surface area contributed by atoms with E-state index in [1.54, 1.807) is 0 Å². The van der Waals surface area contributed by atoms with Crippen LogP contribution in [0.15, 0.2) is 0 Å². The molecule has 1 heteroatoms. The molecule has 1 unspecified atom stereocenters. The van der Waals surface area contributed by atoms with E-state index in [9.17, 15) is 0 Å². The quantitative estimate of drug-likeness (QED) is 0.607. The highest BCUT2D eigenvalue weighted by Gasteiger charge is 2.58. The van der Waals surface area contributed by atoms with Crippen LogP contribution in [0.3, 0.4) is 0 Å². The van der Waals surface area contributed by atoms with Crippen molar-refractivity contribution in [2.45, 2.75) is 51.5 Å². The molecule has 0 heterocycles. The van der Waals surface area contributed by atoms with E-state index in [0.29, 0.717) is 11.5 Å². The molecule has 0 aliphatic heterocycles. The van der Waals surface area contributed by atoms with Gasteiger partial charge in [0, 0.05) is 6.04 Å². The first kappa shape index (κ1) is 8.28. The van der Waals surface area contributed by atoms with Gasteiger partial charge in [0.1, 0.15) is 0 Å². The summed E-state index contributed by atoms with van der Waals surface area (Å²) in [5.41, 5.74) is 7.04. The minimum absolute atomic E-state index is 0.566. The van der Waals surface area contributed by atoms with Gasteiger partial charge in [0.05, 0.1) is 0 Å². The van der Waals surface area contributed by atoms with E-state index in [1.807, 2.05) is 0 Å². The summed E-state index contributed by atoms with van der Waals surface area (Å²) < 4.78 is 0. The third-order valence-corrected chi connectivity index (χ3v) is 5.29. The Morgan fingerprint density at radius 1 is 1.23 bits per heavy atom. The fraction of sp³-hybridized carbons (Fsp3) is 1.00. The van der Waals surface area contributed by atoms with Crippen molar-refractivity contribution >= 4 is 0 Å². The number of nitrogens with two attached hydrogens (primary N) is 1. The van der Waals surface area contributed by atoms with Crippen molar-refractivity contribution in [2.24, 2.45) is 28.9 Å². The van der Waals surface area contributed by atoms with Crippen molar-refractivity contribution in [1.82, 2.24) is 0 Å². The topological polar surface area (TPSA) is 26.0 Å². The molecule has 3 aliphatic rings. The minimum atomic E-state index is 0.566. The summed E-state index contributed by atoms with van der Waals surface area (Å²) in [7, 11) is 0. The van der Waals surface area contributed by atoms with Gasteiger partial charge in [0.15, 0.2) is 0 Å². The van der Waals surface area contributed by atoms with Crippen molar-refractivity contribution in [1.29, 1.82) is 0 Å². The number of fused-ring (bicyclic) bond motifs is 3. The number of hydrogen-bond acceptors (Lipinski definition) is 1. The third-order valence-electron chi connectivity index (χ3n) is 5.29. The van der Waals surface area contributed by atoms with Crippen LogP contribution in [0, 0.1) is 23.2 Å². The third kappa shape index (κ3) is 0.918. The predicted octanol–water partition coefficient (Wildman–Crippen LogP) is 2.55. The zero-order valence-electron chi connectivity index (χ0n) is 8.63. The number of hydrogen-bond donors (Lipinski definition) is 1. The molecule has 74 valence electrons. The Balaban J connectivity index is 1.90. The van der Waals surface area contributed by atoms with Crippen LogP contribution in [0.2, 0.25) is 0 Å². The average molecular weight is 179 g/mol. The lowest BCUT2D eigenvalue weighted by atomic mass is 9.68. The highest BCUT2D eigenvalue weighted by molar-refractivity contribution is 5.10. The maximum Gasteiger partial charge on any atom is 0.0127 e. The van der Waals surface area contributed by atoms with Gasteiger partial charge >= 0.3 is 0 Å². The molecule has 3 fully saturated rings. The first-order valence-electron chi connectivity index (χ1n) is 5.98. The maximum absolute atomic E-state index is 6.42. The molecule has 2 bridgehead atoms. The molecule has 0 aromatic carbocycles. The molecular weight excluding hydrogens is 158 g/mol. The van der Waals surface area contributed by atoms with E-state index in [4.69, 9.17) is 5.73 Å². The first-order chi connectivity index (χ1) is 6.22. The van der Waals surface area contributed by atoms with Gasteiger partial charge in [-0.1, -0.05) is 13.3 Å². The van der Waals surface area contributed by atoms with E-state index >= 15 is 0 Å². The van der Waals surface area contributed by atoms with Gasteiger partial charge in [-0.05, 0) is 55.3 Å². The highest BCUT2D eigenvalue weighted by Crippen LogP contribution is 2.62. The number of rotatable bonds is 0. The van der Waals surface area contributed by atoms with Gasteiger partial charge < -0.3 is 5.73 Å². The Hall–Kier alpha value is -0.0400. The smallest absolute Gasteiger partial charge is 0.0127 e. The van der Waals surface area contributed by atoms with Gasteiger partial charge in [0.2, 0.25) is 0 Å². The highest BCUT2D eigenvalue weighted by atomic mass is 14.8. The van der Waals surface area contributed by atoms with Crippen LogP contribution < -0.4 is 5.73 Å². The average Bonchev–Trinajstić information content (AvgIpc) is 2.73. The molecule has 0 amide bonds. The molecule has 3 saturated carbocycles. The molecule has 1 spiro atoms. The second-order valence-electron chi connectivity index (χ2n) is 5.88. The van der Waals surface area contributed by atoms with Crippen molar-refractivity contribution < 1.29 is 0 Å². The SMILES string of the molecule is C[C@@H]1CCC2(C1)[C@H]1CC[C@H](C1)[C@H]2N. The molecule has 0 aromatic heterocycles. The zero-order valence-corrected chi connectivity index (χ0v) is 8.63. The molecule has 0 aromatic rings. The van der Waals surface area contributed by atoms with Gasteiger partial charge in [-0.3, -0.25) is 0 Å². The molecule has 5 atom stereocenters. The van der Waals surface area contributed by atoms with E-state index in [1.165, 1.54) is 38.5 Å². The van der Waals surface area contributed by atoms with Crippen LogP contribution >= 0.6 is 0 Å². The van der Waals surface area contributed by atoms with Crippen LogP contribution in [0.25, 0.3) is 0 Å². The molecule has 0 saturated heterocycles. The second kappa shape index (κ2) is 2.50. The van der Waals surface area contributed by atoms with E-state index in [0.717, 1.165) is 17.8 Å². The zero-order chi connectivity index (χ0) is 9.05. The van der Waals surface area contributed by atoms with Crippen molar-refractivity contribution in [3.8, 4) is 0 Å². The summed E-state index contributed by atoms with van der Waals surface area (Å²) in [6.07, 6.45) is 8.71. The summed E-state index contributed by atoms with van der Waals surface area (Å²) in [6.45, 7) is 2.41. The van der Waals surface area contributed by atoms with Crippen molar-refractivity contribution in [3.05, 3.63) is 0 Å². The largest absolute Gasteiger partial charge is 0.327 e. The Morgan fingerprint density at radius 3 is 2.62 bits per heavy atom. The van der Waals surface area contributed by atoms with Crippen LogP contribution in [0.1, 0.15) is 45.4 Å². The van der Waals surface area contributed by atoms with E-state index < -0.39 is 0 Å². The molecule has 1 nitrogen and oxygen atoms in total. The molecular formula is C12H21N. The maximum atomic E-state index is 6.42. The molecule has 0 radical (unpaired) electrons. The fourth-order valence-electron chi connectivity index (χ4n) is 4.65. The lowest BCUT2D eigenvalue weighted by molar-refractivity contribution is 0.134. The summed E-state index contributed by atoms with van der Waals surface area (Å²) in [6, 6.07) is 0.566. The van der Waals surface area contributed by atoms with E-state index in [2.05, 4.69) is 6.92 Å². The van der Waals surface area contributed by atoms with Crippen LogP contribution in [0.4, 0.5) is 0 Å². The Kier molecular flexibility index (Phi) is 1.59. The second-order valence-corrected chi connectivity index (χ2v) is 5.88. The molecule has 3 rings (SSSR count). The Bertz CT molecular complexity index is 221. The van der Waals surface area contributed by atoms with Gasteiger partial charge in [0.25, 0.3) is 0 Å². The van der Waals surface area contributed by atoms with Crippen LogP contribution in [0.5, 0.6) is 0 Å². The van der Waals surface area contributed by atoms with Gasteiger partial charge in [-0.2, -0.15) is 0 Å². The standard InChI is InChI=1S/C12H21N/c1-8-4-5-12(7-8)10-3-2-9(6-10)11(12)13/h8-11H,2-7,13H2,1H3/t8-,9-,10+,11-,12?/m1/s1. The Morgan fingerprint density at radius 2 is 2.08 bits per heavy atom. The minimum Gasteiger partial charge on any atom is -0.327 e. The predicted molar refractivity (Wildman–Crippen MR) is 54.3 cm³/mol. The summed E-state index contributed by atoms with van der Waals surface area (Å²) >= 11 is 0. The van der Waals surface area contributed by atoms with Gasteiger partial charge in [-0.15, -0.1) is 0 Å². The van der Waals surface area contributed by atoms with Crippen LogP contribution in [-0.2, 0) is 0 Å². The van der Waals surface area contributed by atoms with Crippen molar-refractivity contribution in [3.63, 3.8) is 0 Å². The van der Waals surface area contributed by atoms with Crippen molar-refractivity contribution in [2.75, 3.05) is 0 Å². The summed E-state index contributed by atoms with van der Waals surface area (Å²) in [5, 5.41) is 0. The Labute approximate surface area is 81.1 Å². The summed E-state index contributed by atoms with van der Waals surface area (Å²) in [4.78, 5) is 0. The summed E-state index contributed by atoms with van der Waals surface area (Å²) in [5.74, 6) is 2.86. The normalized spacial score (nSPS) is 59.5. The van der Waals surface area contributed by atoms with Crippen LogP contribution in [-0.4, -0.2) is 6.04 Å².